The lowest BCUT2D eigenvalue weighted by Crippen LogP contribution is -2.52. The van der Waals surface area contributed by atoms with Crippen molar-refractivity contribution >= 4 is 11.8 Å². The van der Waals surface area contributed by atoms with Crippen LogP contribution in [0.15, 0.2) is 24.3 Å². The Morgan fingerprint density at radius 1 is 1.29 bits per heavy atom. The van der Waals surface area contributed by atoms with E-state index in [9.17, 15) is 9.59 Å². The number of hydrogen-bond donors (Lipinski definition) is 1. The molecule has 2 aliphatic heterocycles. The van der Waals surface area contributed by atoms with Gasteiger partial charge in [0.15, 0.2) is 5.82 Å². The maximum Gasteiger partial charge on any atom is 0.227 e. The molecule has 0 bridgehead atoms. The summed E-state index contributed by atoms with van der Waals surface area (Å²) in [5.41, 5.74) is 0.635. The Morgan fingerprint density at radius 2 is 2.06 bits per heavy atom. The molecule has 8 nitrogen and oxygen atoms in total. The predicted molar refractivity (Wildman–Crippen MR) is 116 cm³/mol. The van der Waals surface area contributed by atoms with Crippen LogP contribution in [0.5, 0.6) is 5.75 Å². The standard InChI is InChI=1S/C23H31N5O3/c1-15(2)21(30)28-13-18-12-27(20(29)11-17-6-5-7-19(10-17)31-4)9-8-23(18,14-28)22-24-16(3)25-26-22/h5-7,10,15,18H,8-9,11-14H2,1-4H3,(H,24,25,26)/t18-,23-/m1/s1. The van der Waals surface area contributed by atoms with Crippen molar-refractivity contribution in [1.29, 1.82) is 0 Å². The molecule has 31 heavy (non-hydrogen) atoms. The summed E-state index contributed by atoms with van der Waals surface area (Å²) < 4.78 is 5.28. The van der Waals surface area contributed by atoms with E-state index in [-0.39, 0.29) is 29.1 Å². The number of aromatic amines is 1. The minimum absolute atomic E-state index is 0.0584. The molecule has 0 unspecified atom stereocenters. The summed E-state index contributed by atoms with van der Waals surface area (Å²) in [6.07, 6.45) is 1.09. The van der Waals surface area contributed by atoms with Crippen molar-refractivity contribution in [3.8, 4) is 5.75 Å². The van der Waals surface area contributed by atoms with E-state index in [0.29, 0.717) is 32.6 Å². The summed E-state index contributed by atoms with van der Waals surface area (Å²) in [7, 11) is 1.63. The molecule has 2 fully saturated rings. The molecule has 2 aromatic rings. The predicted octanol–water partition coefficient (Wildman–Crippen LogP) is 1.95. The molecule has 166 valence electrons. The Kier molecular flexibility index (Phi) is 5.73. The van der Waals surface area contributed by atoms with Gasteiger partial charge in [-0.05, 0) is 31.0 Å². The number of H-pyrrole nitrogens is 1. The average Bonchev–Trinajstić information content (AvgIpc) is 3.37. The van der Waals surface area contributed by atoms with Crippen molar-refractivity contribution in [3.63, 3.8) is 0 Å². The lowest BCUT2D eigenvalue weighted by molar-refractivity contribution is -0.133. The number of nitrogens with zero attached hydrogens (tertiary/aromatic N) is 4. The van der Waals surface area contributed by atoms with Gasteiger partial charge in [0.25, 0.3) is 0 Å². The maximum absolute atomic E-state index is 13.1. The minimum atomic E-state index is -0.304. The average molecular weight is 426 g/mol. The lowest BCUT2D eigenvalue weighted by atomic mass is 9.71. The number of aromatic nitrogens is 3. The van der Waals surface area contributed by atoms with Gasteiger partial charge in [0, 0.05) is 38.0 Å². The smallest absolute Gasteiger partial charge is 0.227 e. The Balaban J connectivity index is 1.54. The third-order valence-corrected chi connectivity index (χ3v) is 6.65. The van der Waals surface area contributed by atoms with Crippen LogP contribution in [0.4, 0.5) is 0 Å². The van der Waals surface area contributed by atoms with Crippen LogP contribution in [0.1, 0.15) is 37.5 Å². The molecule has 0 spiro atoms. The van der Waals surface area contributed by atoms with Gasteiger partial charge in [0.1, 0.15) is 11.6 Å². The van der Waals surface area contributed by atoms with Gasteiger partial charge in [0.2, 0.25) is 11.8 Å². The number of carbonyl (C=O) groups is 2. The molecule has 1 N–H and O–H groups in total. The monoisotopic (exact) mass is 425 g/mol. The molecular formula is C23H31N5O3. The number of nitrogens with one attached hydrogen (secondary N) is 1. The van der Waals surface area contributed by atoms with Crippen LogP contribution in [0, 0.1) is 18.8 Å². The molecule has 4 rings (SSSR count). The Bertz CT molecular complexity index is 972. The Morgan fingerprint density at radius 3 is 2.74 bits per heavy atom. The largest absolute Gasteiger partial charge is 0.497 e. The first-order valence-corrected chi connectivity index (χ1v) is 10.9. The van der Waals surface area contributed by atoms with Crippen molar-refractivity contribution in [2.45, 2.75) is 39.0 Å². The number of ether oxygens (including phenoxy) is 1. The fourth-order valence-electron chi connectivity index (χ4n) is 4.94. The second-order valence-corrected chi connectivity index (χ2v) is 9.09. The van der Waals surface area contributed by atoms with Gasteiger partial charge in [-0.2, -0.15) is 5.10 Å². The molecule has 2 amide bonds. The highest BCUT2D eigenvalue weighted by molar-refractivity contribution is 5.80. The zero-order valence-corrected chi connectivity index (χ0v) is 18.7. The number of amides is 2. The van der Waals surface area contributed by atoms with Crippen molar-refractivity contribution in [2.75, 3.05) is 33.3 Å². The van der Waals surface area contributed by atoms with E-state index >= 15 is 0 Å². The number of carbonyl (C=O) groups excluding carboxylic acids is 2. The summed E-state index contributed by atoms with van der Waals surface area (Å²) in [4.78, 5) is 34.4. The number of likely N-dealkylation sites (tertiary alicyclic amines) is 2. The van der Waals surface area contributed by atoms with E-state index in [0.717, 1.165) is 29.4 Å². The van der Waals surface area contributed by atoms with Gasteiger partial charge in [-0.25, -0.2) is 4.98 Å². The van der Waals surface area contributed by atoms with Crippen LogP contribution in [-0.4, -0.2) is 70.1 Å². The molecule has 1 aromatic heterocycles. The molecule has 8 heteroatoms. The quantitative estimate of drug-likeness (QED) is 0.791. The second-order valence-electron chi connectivity index (χ2n) is 9.09. The topological polar surface area (TPSA) is 91.4 Å². The molecule has 2 atom stereocenters. The van der Waals surface area contributed by atoms with Crippen molar-refractivity contribution in [2.24, 2.45) is 11.8 Å². The van der Waals surface area contributed by atoms with E-state index in [1.54, 1.807) is 7.11 Å². The zero-order valence-electron chi connectivity index (χ0n) is 18.7. The third-order valence-electron chi connectivity index (χ3n) is 6.65. The Labute approximate surface area is 183 Å². The molecule has 1 aromatic carbocycles. The molecule has 0 saturated carbocycles. The fraction of sp³-hybridized carbons (Fsp3) is 0.565. The minimum Gasteiger partial charge on any atom is -0.497 e. The summed E-state index contributed by atoms with van der Waals surface area (Å²) in [5.74, 6) is 2.60. The number of benzene rings is 1. The molecule has 0 aliphatic carbocycles. The van der Waals surface area contributed by atoms with Crippen molar-refractivity contribution < 1.29 is 14.3 Å². The Hall–Kier alpha value is -2.90. The van der Waals surface area contributed by atoms with Crippen molar-refractivity contribution in [3.05, 3.63) is 41.5 Å². The van der Waals surface area contributed by atoms with Crippen LogP contribution in [0.3, 0.4) is 0 Å². The highest BCUT2D eigenvalue weighted by atomic mass is 16.5. The van der Waals surface area contributed by atoms with E-state index < -0.39 is 0 Å². The molecule has 3 heterocycles. The first-order valence-electron chi connectivity index (χ1n) is 10.9. The zero-order chi connectivity index (χ0) is 22.2. The van der Waals surface area contributed by atoms with E-state index in [4.69, 9.17) is 4.74 Å². The molecular weight excluding hydrogens is 394 g/mol. The molecule has 0 radical (unpaired) electrons. The highest BCUT2D eigenvalue weighted by Crippen LogP contribution is 2.44. The van der Waals surface area contributed by atoms with E-state index in [1.807, 2.05) is 54.8 Å². The van der Waals surface area contributed by atoms with Gasteiger partial charge in [-0.1, -0.05) is 26.0 Å². The highest BCUT2D eigenvalue weighted by Gasteiger charge is 2.54. The van der Waals surface area contributed by atoms with Gasteiger partial charge >= 0.3 is 0 Å². The molecule has 2 aliphatic rings. The van der Waals surface area contributed by atoms with Crippen LogP contribution >= 0.6 is 0 Å². The van der Waals surface area contributed by atoms with Crippen LogP contribution in [0.25, 0.3) is 0 Å². The summed E-state index contributed by atoms with van der Waals surface area (Å²) in [5, 5.41) is 7.44. The first-order chi connectivity index (χ1) is 14.8. The molecule has 2 saturated heterocycles. The van der Waals surface area contributed by atoms with Crippen LogP contribution in [-0.2, 0) is 21.4 Å². The number of aryl methyl sites for hydroxylation is 1. The van der Waals surface area contributed by atoms with Gasteiger partial charge in [0.05, 0.1) is 18.9 Å². The number of fused-ring (bicyclic) bond motifs is 1. The first kappa shape index (κ1) is 21.3. The van der Waals surface area contributed by atoms with Gasteiger partial charge in [-0.3, -0.25) is 14.7 Å². The SMILES string of the molecule is COc1cccc(CC(=O)N2CC[C@@]3(c4n[nH]c(C)n4)CN(C(=O)C(C)C)C[C@H]3C2)c1. The third kappa shape index (κ3) is 4.03. The van der Waals surface area contributed by atoms with Gasteiger partial charge in [-0.15, -0.1) is 0 Å². The number of rotatable bonds is 5. The van der Waals surface area contributed by atoms with Gasteiger partial charge < -0.3 is 14.5 Å². The number of hydrogen-bond acceptors (Lipinski definition) is 5. The summed E-state index contributed by atoms with van der Waals surface area (Å²) in [6, 6.07) is 7.63. The summed E-state index contributed by atoms with van der Waals surface area (Å²) >= 11 is 0. The van der Waals surface area contributed by atoms with Crippen LogP contribution < -0.4 is 4.74 Å². The number of methoxy groups -OCH3 is 1. The fourth-order valence-corrected chi connectivity index (χ4v) is 4.94. The lowest BCUT2D eigenvalue weighted by Gasteiger charge is -2.41. The second kappa shape index (κ2) is 8.32. The van der Waals surface area contributed by atoms with E-state index in [2.05, 4.69) is 15.2 Å². The van der Waals surface area contributed by atoms with Crippen molar-refractivity contribution in [1.82, 2.24) is 25.0 Å². The summed E-state index contributed by atoms with van der Waals surface area (Å²) in [6.45, 7) is 8.24. The van der Waals surface area contributed by atoms with E-state index in [1.165, 1.54) is 0 Å². The maximum atomic E-state index is 13.1. The number of piperidine rings is 1. The van der Waals surface area contributed by atoms with Crippen LogP contribution in [0.2, 0.25) is 0 Å². The normalized spacial score (nSPS) is 23.2.